The van der Waals surface area contributed by atoms with E-state index in [0.717, 1.165) is 24.8 Å². The van der Waals surface area contributed by atoms with Gasteiger partial charge in [0, 0.05) is 29.7 Å². The van der Waals surface area contributed by atoms with Gasteiger partial charge in [-0.25, -0.2) is 0 Å². The van der Waals surface area contributed by atoms with Crippen LogP contribution in [-0.2, 0) is 16.0 Å². The van der Waals surface area contributed by atoms with Crippen LogP contribution in [-0.4, -0.2) is 30.1 Å². The van der Waals surface area contributed by atoms with Crippen molar-refractivity contribution in [2.75, 3.05) is 13.2 Å². The summed E-state index contributed by atoms with van der Waals surface area (Å²) in [4.78, 5) is 15.3. The van der Waals surface area contributed by atoms with Gasteiger partial charge in [0.2, 0.25) is 5.91 Å². The minimum atomic E-state index is -0.237. The predicted octanol–water partition coefficient (Wildman–Crippen LogP) is 2.31. The highest BCUT2D eigenvalue weighted by atomic mass is 16.5. The summed E-state index contributed by atoms with van der Waals surface area (Å²) in [5, 5.41) is 4.22. The Morgan fingerprint density at radius 1 is 1.45 bits per heavy atom. The van der Waals surface area contributed by atoms with E-state index in [1.807, 2.05) is 12.1 Å². The number of hydrogen-bond acceptors (Lipinski definition) is 2. The third kappa shape index (κ3) is 2.56. The monoisotopic (exact) mass is 272 g/mol. The van der Waals surface area contributed by atoms with E-state index in [-0.39, 0.29) is 12.0 Å². The van der Waals surface area contributed by atoms with Crippen LogP contribution < -0.4 is 5.32 Å². The van der Waals surface area contributed by atoms with Crippen molar-refractivity contribution in [2.24, 2.45) is 0 Å². The summed E-state index contributed by atoms with van der Waals surface area (Å²) >= 11 is 0. The Labute approximate surface area is 118 Å². The van der Waals surface area contributed by atoms with E-state index in [1.54, 1.807) is 0 Å². The average molecular weight is 272 g/mol. The van der Waals surface area contributed by atoms with Gasteiger partial charge in [0.1, 0.15) is 6.10 Å². The first-order chi connectivity index (χ1) is 9.75. The summed E-state index contributed by atoms with van der Waals surface area (Å²) in [7, 11) is 0. The summed E-state index contributed by atoms with van der Waals surface area (Å²) in [6, 6.07) is 8.28. The number of carbonyl (C=O) groups is 1. The predicted molar refractivity (Wildman–Crippen MR) is 78.7 cm³/mol. The van der Waals surface area contributed by atoms with Crippen LogP contribution in [0.25, 0.3) is 10.9 Å². The van der Waals surface area contributed by atoms with Crippen molar-refractivity contribution in [2.45, 2.75) is 32.3 Å². The van der Waals surface area contributed by atoms with E-state index >= 15 is 0 Å². The molecule has 1 aromatic heterocycles. The summed E-state index contributed by atoms with van der Waals surface area (Å²) < 4.78 is 5.38. The number of carbonyl (C=O) groups excluding carboxylic acids is 1. The van der Waals surface area contributed by atoms with Gasteiger partial charge in [-0.05, 0) is 37.8 Å². The average Bonchev–Trinajstić information content (AvgIpc) is 3.07. The number of nitrogens with one attached hydrogen (secondary N) is 2. The number of H-pyrrole nitrogens is 1. The molecule has 0 bridgehead atoms. The summed E-state index contributed by atoms with van der Waals surface area (Å²) in [6.07, 6.45) is 2.44. The molecule has 2 heterocycles. The standard InChI is InChI=1S/C16H20N2O2/c1-11-12(13-5-2-3-6-14(13)18-11)8-9-17-16(19)15-7-4-10-20-15/h2-3,5-6,15,18H,4,7-10H2,1H3,(H,17,19). The number of aryl methyl sites for hydroxylation is 1. The van der Waals surface area contributed by atoms with Crippen LogP contribution in [0, 0.1) is 6.92 Å². The smallest absolute Gasteiger partial charge is 0.249 e. The highest BCUT2D eigenvalue weighted by Gasteiger charge is 2.23. The van der Waals surface area contributed by atoms with Gasteiger partial charge in [0.05, 0.1) is 0 Å². The number of aromatic amines is 1. The van der Waals surface area contributed by atoms with Crippen molar-refractivity contribution in [3.63, 3.8) is 0 Å². The van der Waals surface area contributed by atoms with E-state index in [0.29, 0.717) is 13.2 Å². The molecule has 1 atom stereocenters. The van der Waals surface area contributed by atoms with E-state index in [1.165, 1.54) is 16.6 Å². The van der Waals surface area contributed by atoms with Crippen LogP contribution in [0.15, 0.2) is 24.3 Å². The molecule has 0 saturated carbocycles. The zero-order valence-electron chi connectivity index (χ0n) is 11.7. The number of aromatic nitrogens is 1. The van der Waals surface area contributed by atoms with E-state index in [4.69, 9.17) is 4.74 Å². The number of benzene rings is 1. The number of amides is 1. The Hall–Kier alpha value is -1.81. The van der Waals surface area contributed by atoms with Crippen LogP contribution >= 0.6 is 0 Å². The normalized spacial score (nSPS) is 18.6. The van der Waals surface area contributed by atoms with Gasteiger partial charge in [-0.2, -0.15) is 0 Å². The molecule has 2 N–H and O–H groups in total. The number of para-hydroxylation sites is 1. The molecule has 4 heteroatoms. The third-order valence-corrected chi connectivity index (χ3v) is 3.92. The van der Waals surface area contributed by atoms with Crippen LogP contribution in [0.4, 0.5) is 0 Å². The molecule has 1 aliphatic rings. The molecule has 4 nitrogen and oxygen atoms in total. The molecule has 0 radical (unpaired) electrons. The second-order valence-electron chi connectivity index (χ2n) is 5.32. The summed E-state index contributed by atoms with van der Waals surface area (Å²) in [5.41, 5.74) is 3.62. The lowest BCUT2D eigenvalue weighted by molar-refractivity contribution is -0.129. The minimum Gasteiger partial charge on any atom is -0.368 e. The lowest BCUT2D eigenvalue weighted by Gasteiger charge is -2.10. The fourth-order valence-corrected chi connectivity index (χ4v) is 2.87. The molecule has 2 aromatic rings. The third-order valence-electron chi connectivity index (χ3n) is 3.92. The van der Waals surface area contributed by atoms with Gasteiger partial charge in [0.15, 0.2) is 0 Å². The van der Waals surface area contributed by atoms with Gasteiger partial charge in [-0.3, -0.25) is 4.79 Å². The molecule has 1 amide bonds. The molecule has 1 aliphatic heterocycles. The van der Waals surface area contributed by atoms with Crippen LogP contribution in [0.5, 0.6) is 0 Å². The Bertz CT molecular complexity index is 612. The SMILES string of the molecule is Cc1[nH]c2ccccc2c1CCNC(=O)C1CCCO1. The quantitative estimate of drug-likeness (QED) is 0.897. The molecule has 3 rings (SSSR count). The highest BCUT2D eigenvalue weighted by Crippen LogP contribution is 2.22. The van der Waals surface area contributed by atoms with Gasteiger partial charge < -0.3 is 15.0 Å². The molecule has 106 valence electrons. The fraction of sp³-hybridized carbons (Fsp3) is 0.438. The minimum absolute atomic E-state index is 0.0278. The van der Waals surface area contributed by atoms with Crippen LogP contribution in [0.3, 0.4) is 0 Å². The maximum Gasteiger partial charge on any atom is 0.249 e. The number of hydrogen-bond donors (Lipinski definition) is 2. The molecule has 1 aromatic carbocycles. The van der Waals surface area contributed by atoms with E-state index in [9.17, 15) is 4.79 Å². The van der Waals surface area contributed by atoms with E-state index < -0.39 is 0 Å². The zero-order chi connectivity index (χ0) is 13.9. The first-order valence-electron chi connectivity index (χ1n) is 7.21. The number of fused-ring (bicyclic) bond motifs is 1. The molecule has 0 spiro atoms. The van der Waals surface area contributed by atoms with Crippen LogP contribution in [0.1, 0.15) is 24.1 Å². The van der Waals surface area contributed by atoms with Crippen molar-refractivity contribution in [3.05, 3.63) is 35.5 Å². The summed E-state index contributed by atoms with van der Waals surface area (Å²) in [6.45, 7) is 3.44. The maximum absolute atomic E-state index is 11.9. The van der Waals surface area contributed by atoms with Gasteiger partial charge >= 0.3 is 0 Å². The Morgan fingerprint density at radius 2 is 2.30 bits per heavy atom. The zero-order valence-corrected chi connectivity index (χ0v) is 11.7. The Kier molecular flexibility index (Phi) is 3.74. The largest absolute Gasteiger partial charge is 0.368 e. The molecule has 1 saturated heterocycles. The molecule has 20 heavy (non-hydrogen) atoms. The van der Waals surface area contributed by atoms with Crippen molar-refractivity contribution < 1.29 is 9.53 Å². The van der Waals surface area contributed by atoms with Gasteiger partial charge in [0.25, 0.3) is 0 Å². The van der Waals surface area contributed by atoms with Gasteiger partial charge in [-0.15, -0.1) is 0 Å². The van der Waals surface area contributed by atoms with Crippen LogP contribution in [0.2, 0.25) is 0 Å². The van der Waals surface area contributed by atoms with Crippen molar-refractivity contribution in [3.8, 4) is 0 Å². The second-order valence-corrected chi connectivity index (χ2v) is 5.32. The topological polar surface area (TPSA) is 54.1 Å². The molecular weight excluding hydrogens is 252 g/mol. The molecule has 1 fully saturated rings. The van der Waals surface area contributed by atoms with Gasteiger partial charge in [-0.1, -0.05) is 18.2 Å². The Morgan fingerprint density at radius 3 is 3.10 bits per heavy atom. The number of ether oxygens (including phenoxy) is 1. The fourth-order valence-electron chi connectivity index (χ4n) is 2.87. The lowest BCUT2D eigenvalue weighted by Crippen LogP contribution is -2.35. The molecule has 0 aliphatic carbocycles. The first kappa shape index (κ1) is 13.2. The first-order valence-corrected chi connectivity index (χ1v) is 7.21. The maximum atomic E-state index is 11.9. The summed E-state index contributed by atoms with van der Waals surface area (Å²) in [5.74, 6) is 0.0278. The highest BCUT2D eigenvalue weighted by molar-refractivity contribution is 5.85. The molecular formula is C16H20N2O2. The van der Waals surface area contributed by atoms with E-state index in [2.05, 4.69) is 29.4 Å². The lowest BCUT2D eigenvalue weighted by atomic mass is 10.1. The van der Waals surface area contributed by atoms with Crippen molar-refractivity contribution in [1.82, 2.24) is 10.3 Å². The Balaban J connectivity index is 1.62. The van der Waals surface area contributed by atoms with Crippen molar-refractivity contribution >= 4 is 16.8 Å². The molecule has 1 unspecified atom stereocenters. The number of rotatable bonds is 4. The van der Waals surface area contributed by atoms with Crippen molar-refractivity contribution in [1.29, 1.82) is 0 Å². The second kappa shape index (κ2) is 5.67.